The molecule has 7 nitrogen and oxygen atoms in total. The molecule has 0 saturated carbocycles. The highest BCUT2D eigenvalue weighted by atomic mass is 16.5. The van der Waals surface area contributed by atoms with Gasteiger partial charge in [-0.05, 0) is 80.5 Å². The topological polar surface area (TPSA) is 80.8 Å². The summed E-state index contributed by atoms with van der Waals surface area (Å²) in [5.41, 5.74) is 8.90. The highest BCUT2D eigenvalue weighted by molar-refractivity contribution is 5.97. The van der Waals surface area contributed by atoms with Crippen molar-refractivity contribution >= 4 is 22.7 Å². The second kappa shape index (κ2) is 11.0. The van der Waals surface area contributed by atoms with E-state index in [9.17, 15) is 9.59 Å². The highest BCUT2D eigenvalue weighted by Gasteiger charge is 2.22. The van der Waals surface area contributed by atoms with Gasteiger partial charge in [0.25, 0.3) is 5.91 Å². The van der Waals surface area contributed by atoms with Crippen molar-refractivity contribution in [1.82, 2.24) is 14.4 Å². The highest BCUT2D eigenvalue weighted by Crippen LogP contribution is 2.29. The monoisotopic (exact) mass is 476 g/mol. The molecule has 2 aromatic carbocycles. The lowest BCUT2D eigenvalue weighted by Crippen LogP contribution is -2.36. The molecule has 1 saturated heterocycles. The molecule has 7 heteroatoms. The molecule has 2 N–H and O–H groups in total. The van der Waals surface area contributed by atoms with Crippen LogP contribution in [0.3, 0.4) is 0 Å². The van der Waals surface area contributed by atoms with E-state index < -0.39 is 5.91 Å². The summed E-state index contributed by atoms with van der Waals surface area (Å²) < 4.78 is 7.88. The minimum atomic E-state index is -0.396. The molecule has 4 rings (SSSR count). The number of carbonyl (C=O) groups excluding carboxylic acids is 2. The van der Waals surface area contributed by atoms with Gasteiger partial charge in [0.2, 0.25) is 5.91 Å². The van der Waals surface area contributed by atoms with Crippen LogP contribution in [0.2, 0.25) is 0 Å². The predicted molar refractivity (Wildman–Crippen MR) is 139 cm³/mol. The Morgan fingerprint density at radius 2 is 1.74 bits per heavy atom. The van der Waals surface area contributed by atoms with E-state index in [4.69, 9.17) is 10.5 Å². The van der Waals surface area contributed by atoms with Crippen LogP contribution in [0.5, 0.6) is 5.75 Å². The van der Waals surface area contributed by atoms with E-state index in [2.05, 4.69) is 21.7 Å². The molecule has 1 aliphatic heterocycles. The molecule has 0 radical (unpaired) electrons. The summed E-state index contributed by atoms with van der Waals surface area (Å²) in [5.74, 6) is 0.506. The van der Waals surface area contributed by atoms with Gasteiger partial charge in [0.05, 0.1) is 7.11 Å². The number of benzene rings is 2. The van der Waals surface area contributed by atoms with Gasteiger partial charge in [-0.3, -0.25) is 9.59 Å². The van der Waals surface area contributed by atoms with Crippen molar-refractivity contribution in [2.45, 2.75) is 39.2 Å². The number of amides is 2. The van der Waals surface area contributed by atoms with Gasteiger partial charge in [-0.25, -0.2) is 0 Å². The van der Waals surface area contributed by atoms with Gasteiger partial charge in [0.1, 0.15) is 5.75 Å². The standard InChI is InChI=1S/C28H36N4O3/c1-4-31(5-2)28(34)23-8-9-26(35-3)21(18-23)10-14-30-15-12-24(13-16-30)32-17-11-20-6-7-22(27(29)33)19-25(20)32/h6-9,11,17-19,24H,4-5,10,12-16H2,1-3H3,(H2,29,33). The first-order valence-corrected chi connectivity index (χ1v) is 12.5. The molecule has 2 amide bonds. The molecule has 186 valence electrons. The molecule has 1 aliphatic rings. The lowest BCUT2D eigenvalue weighted by atomic mass is 10.0. The van der Waals surface area contributed by atoms with Gasteiger partial charge in [-0.15, -0.1) is 0 Å². The van der Waals surface area contributed by atoms with Crippen LogP contribution in [0.1, 0.15) is 59.0 Å². The summed E-state index contributed by atoms with van der Waals surface area (Å²) in [6.45, 7) is 8.33. The van der Waals surface area contributed by atoms with Crippen LogP contribution in [-0.2, 0) is 6.42 Å². The second-order valence-corrected chi connectivity index (χ2v) is 9.19. The summed E-state index contributed by atoms with van der Waals surface area (Å²) in [7, 11) is 1.68. The van der Waals surface area contributed by atoms with Crippen molar-refractivity contribution in [2.24, 2.45) is 5.73 Å². The Kier molecular flexibility index (Phi) is 7.76. The van der Waals surface area contributed by atoms with Crippen molar-refractivity contribution < 1.29 is 14.3 Å². The van der Waals surface area contributed by atoms with Gasteiger partial charge in [-0.1, -0.05) is 6.07 Å². The van der Waals surface area contributed by atoms with Crippen LogP contribution in [0.25, 0.3) is 10.9 Å². The molecule has 0 aliphatic carbocycles. The minimum absolute atomic E-state index is 0.0677. The Morgan fingerprint density at radius 1 is 1.03 bits per heavy atom. The first-order chi connectivity index (χ1) is 16.9. The smallest absolute Gasteiger partial charge is 0.253 e. The van der Waals surface area contributed by atoms with Crippen LogP contribution < -0.4 is 10.5 Å². The number of likely N-dealkylation sites (tertiary alicyclic amines) is 1. The number of primary amides is 1. The van der Waals surface area contributed by atoms with Crippen molar-refractivity contribution in [2.75, 3.05) is 39.8 Å². The maximum absolute atomic E-state index is 12.8. The predicted octanol–water partition coefficient (Wildman–Crippen LogP) is 4.11. The number of hydrogen-bond donors (Lipinski definition) is 1. The number of fused-ring (bicyclic) bond motifs is 1. The molecule has 0 atom stereocenters. The zero-order chi connectivity index (χ0) is 24.9. The molecule has 1 aromatic heterocycles. The fourth-order valence-electron chi connectivity index (χ4n) is 5.12. The number of methoxy groups -OCH3 is 1. The molecule has 0 spiro atoms. The quantitative estimate of drug-likeness (QED) is 0.504. The maximum atomic E-state index is 12.8. The molecule has 2 heterocycles. The number of carbonyl (C=O) groups is 2. The number of nitrogens with zero attached hydrogens (tertiary/aromatic N) is 3. The average Bonchev–Trinajstić information content (AvgIpc) is 3.31. The summed E-state index contributed by atoms with van der Waals surface area (Å²) >= 11 is 0. The van der Waals surface area contributed by atoms with Gasteiger partial charge in [-0.2, -0.15) is 0 Å². The van der Waals surface area contributed by atoms with Crippen molar-refractivity contribution in [1.29, 1.82) is 0 Å². The van der Waals surface area contributed by atoms with Gasteiger partial charge in [0.15, 0.2) is 0 Å². The Morgan fingerprint density at radius 3 is 2.40 bits per heavy atom. The van der Waals surface area contributed by atoms with Crippen LogP contribution in [0, 0.1) is 0 Å². The summed E-state index contributed by atoms with van der Waals surface area (Å²) in [5, 5.41) is 1.13. The minimum Gasteiger partial charge on any atom is -0.496 e. The summed E-state index contributed by atoms with van der Waals surface area (Å²) in [6, 6.07) is 13.9. The number of aromatic nitrogens is 1. The Bertz CT molecular complexity index is 1190. The number of rotatable bonds is 9. The third-order valence-electron chi connectivity index (χ3n) is 7.23. The SMILES string of the molecule is CCN(CC)C(=O)c1ccc(OC)c(CCN2CCC(n3ccc4ccc(C(N)=O)cc43)CC2)c1. The zero-order valence-corrected chi connectivity index (χ0v) is 21.0. The lowest BCUT2D eigenvalue weighted by molar-refractivity contribution is 0.0772. The Labute approximate surface area is 207 Å². The Hall–Kier alpha value is -3.32. The van der Waals surface area contributed by atoms with E-state index in [1.165, 1.54) is 0 Å². The summed E-state index contributed by atoms with van der Waals surface area (Å²) in [6.07, 6.45) is 5.05. The maximum Gasteiger partial charge on any atom is 0.253 e. The fourth-order valence-corrected chi connectivity index (χ4v) is 5.12. The molecule has 35 heavy (non-hydrogen) atoms. The third-order valence-corrected chi connectivity index (χ3v) is 7.23. The first-order valence-electron chi connectivity index (χ1n) is 12.5. The van der Waals surface area contributed by atoms with Gasteiger partial charge >= 0.3 is 0 Å². The van der Waals surface area contributed by atoms with Crippen LogP contribution in [0.4, 0.5) is 0 Å². The lowest BCUT2D eigenvalue weighted by Gasteiger charge is -2.33. The van der Waals surface area contributed by atoms with Gasteiger partial charge < -0.3 is 24.8 Å². The largest absolute Gasteiger partial charge is 0.496 e. The molecule has 1 fully saturated rings. The number of ether oxygens (including phenoxy) is 1. The summed E-state index contributed by atoms with van der Waals surface area (Å²) in [4.78, 5) is 28.8. The third kappa shape index (κ3) is 5.35. The normalized spacial score (nSPS) is 14.8. The molecular formula is C28H36N4O3. The van der Waals surface area contributed by atoms with Crippen LogP contribution >= 0.6 is 0 Å². The molecule has 3 aromatic rings. The van der Waals surface area contributed by atoms with E-state index in [0.717, 1.165) is 66.7 Å². The van der Waals surface area contributed by atoms with E-state index in [1.807, 2.05) is 49.1 Å². The van der Waals surface area contributed by atoms with E-state index in [0.29, 0.717) is 24.7 Å². The number of nitrogens with two attached hydrogens (primary N) is 1. The second-order valence-electron chi connectivity index (χ2n) is 9.19. The average molecular weight is 477 g/mol. The number of piperidine rings is 1. The Balaban J connectivity index is 1.40. The molecule has 0 unspecified atom stereocenters. The van der Waals surface area contributed by atoms with Crippen molar-refractivity contribution in [3.8, 4) is 5.75 Å². The number of hydrogen-bond acceptors (Lipinski definition) is 4. The molecule has 0 bridgehead atoms. The van der Waals surface area contributed by atoms with Gasteiger partial charge in [0, 0.05) is 61.6 Å². The van der Waals surface area contributed by atoms with E-state index in [1.54, 1.807) is 13.2 Å². The van der Waals surface area contributed by atoms with Crippen LogP contribution in [-0.4, -0.2) is 66.0 Å². The van der Waals surface area contributed by atoms with E-state index >= 15 is 0 Å². The zero-order valence-electron chi connectivity index (χ0n) is 21.0. The van der Waals surface area contributed by atoms with E-state index in [-0.39, 0.29) is 5.91 Å². The van der Waals surface area contributed by atoms with Crippen molar-refractivity contribution in [3.05, 3.63) is 65.4 Å². The fraction of sp³-hybridized carbons (Fsp3) is 0.429. The first kappa shape index (κ1) is 24.8. The van der Waals surface area contributed by atoms with Crippen molar-refractivity contribution in [3.63, 3.8) is 0 Å². The van der Waals surface area contributed by atoms with Crippen LogP contribution in [0.15, 0.2) is 48.7 Å². The molecular weight excluding hydrogens is 440 g/mol.